The molecule has 9 nitrogen and oxygen atoms in total. The standard InChI is InChI=1S/C19H17N7O2S2/c1-19(2,3)14-16(28)26-17(24-23-14)30-18(25-26)29-9-13(27)10(8-20)15-21-11-6-4-5-7-12(11)22-15/h4-7,27H,9H2,1-3H3,(H,21,22). The van der Waals surface area contributed by atoms with Crippen LogP contribution in [0.4, 0.5) is 0 Å². The molecule has 0 unspecified atom stereocenters. The average Bonchev–Trinajstić information content (AvgIpc) is 3.30. The number of nitrogens with zero attached hydrogens (tertiary/aromatic N) is 6. The van der Waals surface area contributed by atoms with E-state index in [0.717, 1.165) is 5.52 Å². The molecule has 0 fully saturated rings. The Morgan fingerprint density at radius 3 is 2.80 bits per heavy atom. The van der Waals surface area contributed by atoms with Crippen LogP contribution in [0.5, 0.6) is 0 Å². The SMILES string of the molecule is CC(C)(C)c1nnc2sc(SCC(O)=C(C#N)c3nc4ccccc4[nH]3)nn2c1=O. The number of hydrogen-bond acceptors (Lipinski definition) is 9. The van der Waals surface area contributed by atoms with E-state index in [9.17, 15) is 15.2 Å². The first-order chi connectivity index (χ1) is 14.3. The Morgan fingerprint density at radius 2 is 2.10 bits per heavy atom. The lowest BCUT2D eigenvalue weighted by atomic mass is 9.93. The van der Waals surface area contributed by atoms with Gasteiger partial charge in [-0.25, -0.2) is 4.98 Å². The van der Waals surface area contributed by atoms with Crippen LogP contribution in [0, 0.1) is 11.3 Å². The van der Waals surface area contributed by atoms with Gasteiger partial charge in [-0.15, -0.1) is 15.3 Å². The maximum atomic E-state index is 12.6. The molecule has 1 aromatic carbocycles. The second kappa shape index (κ2) is 7.55. The number of aliphatic hydroxyl groups is 1. The number of hydrogen-bond donors (Lipinski definition) is 2. The summed E-state index contributed by atoms with van der Waals surface area (Å²) >= 11 is 2.39. The van der Waals surface area contributed by atoms with E-state index >= 15 is 0 Å². The van der Waals surface area contributed by atoms with Gasteiger partial charge in [0.15, 0.2) is 10.2 Å². The summed E-state index contributed by atoms with van der Waals surface area (Å²) in [7, 11) is 0. The third-order valence-corrected chi connectivity index (χ3v) is 6.28. The number of imidazole rings is 1. The largest absolute Gasteiger partial charge is 0.510 e. The summed E-state index contributed by atoms with van der Waals surface area (Å²) in [4.78, 5) is 20.4. The first-order valence-corrected chi connectivity index (χ1v) is 10.8. The molecule has 152 valence electrons. The minimum absolute atomic E-state index is 0.0618. The van der Waals surface area contributed by atoms with Crippen molar-refractivity contribution in [2.45, 2.75) is 30.5 Å². The molecule has 0 aliphatic carbocycles. The Hall–Kier alpha value is -3.23. The van der Waals surface area contributed by atoms with E-state index in [0.29, 0.717) is 26.3 Å². The van der Waals surface area contributed by atoms with Crippen LogP contribution in [0.1, 0.15) is 32.3 Å². The fraction of sp³-hybridized carbons (Fsp3) is 0.263. The fourth-order valence-electron chi connectivity index (χ4n) is 2.75. The van der Waals surface area contributed by atoms with E-state index in [-0.39, 0.29) is 22.6 Å². The molecule has 0 spiro atoms. The van der Waals surface area contributed by atoms with Gasteiger partial charge in [0.2, 0.25) is 4.96 Å². The van der Waals surface area contributed by atoms with Gasteiger partial charge < -0.3 is 10.1 Å². The van der Waals surface area contributed by atoms with Crippen molar-refractivity contribution in [1.82, 2.24) is 29.8 Å². The Labute approximate surface area is 179 Å². The van der Waals surface area contributed by atoms with Crippen LogP contribution in [0.25, 0.3) is 21.6 Å². The summed E-state index contributed by atoms with van der Waals surface area (Å²) in [6.07, 6.45) is 0. The molecule has 11 heteroatoms. The summed E-state index contributed by atoms with van der Waals surface area (Å²) in [6, 6.07) is 9.38. The fourth-order valence-corrected chi connectivity index (χ4v) is 4.50. The predicted octanol–water partition coefficient (Wildman–Crippen LogP) is 3.30. The number of allylic oxidation sites excluding steroid dienone is 1. The van der Waals surface area contributed by atoms with Crippen molar-refractivity contribution < 1.29 is 5.11 Å². The molecular formula is C19H17N7O2S2. The van der Waals surface area contributed by atoms with Crippen molar-refractivity contribution in [3.05, 3.63) is 51.9 Å². The number of para-hydroxylation sites is 2. The number of nitriles is 1. The highest BCUT2D eigenvalue weighted by atomic mass is 32.2. The quantitative estimate of drug-likeness (QED) is 0.281. The molecule has 0 amide bonds. The summed E-state index contributed by atoms with van der Waals surface area (Å²) in [5.41, 5.74) is 1.12. The third kappa shape index (κ3) is 3.67. The van der Waals surface area contributed by atoms with Crippen LogP contribution in [0.3, 0.4) is 0 Å². The number of aromatic nitrogens is 6. The zero-order chi connectivity index (χ0) is 21.5. The molecule has 3 heterocycles. The van der Waals surface area contributed by atoms with E-state index in [1.165, 1.54) is 27.6 Å². The molecule has 2 N–H and O–H groups in total. The Balaban J connectivity index is 1.61. The molecule has 0 aliphatic heterocycles. The number of aliphatic hydroxyl groups excluding tert-OH is 1. The maximum Gasteiger partial charge on any atom is 0.297 e. The highest BCUT2D eigenvalue weighted by molar-refractivity contribution is 8.01. The first-order valence-electron chi connectivity index (χ1n) is 8.95. The van der Waals surface area contributed by atoms with Crippen molar-refractivity contribution in [3.63, 3.8) is 0 Å². The average molecular weight is 440 g/mol. The number of thioether (sulfide) groups is 1. The maximum absolute atomic E-state index is 12.6. The van der Waals surface area contributed by atoms with Crippen LogP contribution in [-0.4, -0.2) is 40.6 Å². The van der Waals surface area contributed by atoms with Crippen LogP contribution in [0.2, 0.25) is 0 Å². The lowest BCUT2D eigenvalue weighted by Crippen LogP contribution is -2.30. The molecule has 0 bridgehead atoms. The second-order valence-corrected chi connectivity index (χ2v) is 9.67. The van der Waals surface area contributed by atoms with Gasteiger partial charge in [-0.1, -0.05) is 56.0 Å². The van der Waals surface area contributed by atoms with Crippen LogP contribution >= 0.6 is 23.1 Å². The number of aromatic amines is 1. The molecule has 3 aromatic heterocycles. The van der Waals surface area contributed by atoms with Gasteiger partial charge in [0.05, 0.1) is 16.8 Å². The van der Waals surface area contributed by atoms with Gasteiger partial charge >= 0.3 is 0 Å². The normalized spacial score (nSPS) is 12.9. The summed E-state index contributed by atoms with van der Waals surface area (Å²) in [5.74, 6) is 0.265. The van der Waals surface area contributed by atoms with E-state index in [4.69, 9.17) is 0 Å². The summed E-state index contributed by atoms with van der Waals surface area (Å²) in [5, 5.41) is 32.4. The monoisotopic (exact) mass is 439 g/mol. The van der Waals surface area contributed by atoms with Crippen LogP contribution in [0.15, 0.2) is 39.2 Å². The molecular weight excluding hydrogens is 422 g/mol. The zero-order valence-corrected chi connectivity index (χ0v) is 18.0. The van der Waals surface area contributed by atoms with Crippen molar-refractivity contribution in [1.29, 1.82) is 5.26 Å². The first kappa shape index (κ1) is 20.1. The van der Waals surface area contributed by atoms with Gasteiger partial charge in [0, 0.05) is 5.41 Å². The number of nitrogens with one attached hydrogen (secondary N) is 1. The number of benzene rings is 1. The van der Waals surface area contributed by atoms with Crippen molar-refractivity contribution in [2.24, 2.45) is 0 Å². The lowest BCUT2D eigenvalue weighted by Gasteiger charge is -2.14. The van der Waals surface area contributed by atoms with Gasteiger partial charge in [-0.05, 0) is 12.1 Å². The number of rotatable bonds is 4. The minimum Gasteiger partial charge on any atom is -0.510 e. The molecule has 0 saturated carbocycles. The van der Waals surface area contributed by atoms with Gasteiger partial charge in [0.1, 0.15) is 23.1 Å². The van der Waals surface area contributed by atoms with Crippen molar-refractivity contribution in [2.75, 3.05) is 5.75 Å². The molecule has 4 rings (SSSR count). The molecule has 0 radical (unpaired) electrons. The lowest BCUT2D eigenvalue weighted by molar-refractivity contribution is 0.420. The molecule has 0 saturated heterocycles. The van der Waals surface area contributed by atoms with Gasteiger partial charge in [-0.3, -0.25) is 4.79 Å². The van der Waals surface area contributed by atoms with E-state index in [1.807, 2.05) is 51.1 Å². The van der Waals surface area contributed by atoms with E-state index < -0.39 is 5.41 Å². The van der Waals surface area contributed by atoms with Crippen LogP contribution < -0.4 is 5.56 Å². The van der Waals surface area contributed by atoms with E-state index in [1.54, 1.807) is 0 Å². The Morgan fingerprint density at radius 1 is 1.33 bits per heavy atom. The topological polar surface area (TPSA) is 133 Å². The number of H-pyrrole nitrogens is 1. The summed E-state index contributed by atoms with van der Waals surface area (Å²) in [6.45, 7) is 5.66. The van der Waals surface area contributed by atoms with Crippen molar-refractivity contribution >= 4 is 44.7 Å². The molecule has 30 heavy (non-hydrogen) atoms. The highest BCUT2D eigenvalue weighted by Gasteiger charge is 2.23. The Kier molecular flexibility index (Phi) is 5.05. The van der Waals surface area contributed by atoms with E-state index in [2.05, 4.69) is 25.3 Å². The number of fused-ring (bicyclic) bond motifs is 2. The zero-order valence-electron chi connectivity index (χ0n) is 16.4. The second-order valence-electron chi connectivity index (χ2n) is 7.49. The van der Waals surface area contributed by atoms with Gasteiger partial charge in [-0.2, -0.15) is 9.78 Å². The highest BCUT2D eigenvalue weighted by Crippen LogP contribution is 2.27. The predicted molar refractivity (Wildman–Crippen MR) is 116 cm³/mol. The van der Waals surface area contributed by atoms with Gasteiger partial charge in [0.25, 0.3) is 5.56 Å². The molecule has 4 aromatic rings. The Bertz CT molecular complexity index is 1350. The smallest absolute Gasteiger partial charge is 0.297 e. The minimum atomic E-state index is -0.447. The summed E-state index contributed by atoms with van der Waals surface area (Å²) < 4.78 is 1.76. The third-order valence-electron chi connectivity index (χ3n) is 4.24. The van der Waals surface area contributed by atoms with Crippen molar-refractivity contribution in [3.8, 4) is 6.07 Å². The van der Waals surface area contributed by atoms with Crippen LogP contribution in [-0.2, 0) is 5.41 Å². The molecule has 0 aliphatic rings. The molecule has 0 atom stereocenters.